The molecule has 0 heterocycles. The third-order valence-corrected chi connectivity index (χ3v) is 13.5. The van der Waals surface area contributed by atoms with Crippen LogP contribution in [0.1, 0.15) is 129 Å². The summed E-state index contributed by atoms with van der Waals surface area (Å²) >= 11 is 0. The predicted octanol–water partition coefficient (Wildman–Crippen LogP) is 8.13. The Morgan fingerprint density at radius 1 is 0.788 bits per heavy atom. The van der Waals surface area contributed by atoms with Gasteiger partial charge in [0.25, 0.3) is 0 Å². The van der Waals surface area contributed by atoms with Gasteiger partial charge in [-0.15, -0.1) is 0 Å². The lowest BCUT2D eigenvalue weighted by atomic mass is 9.81. The van der Waals surface area contributed by atoms with Gasteiger partial charge in [-0.05, 0) is 87.4 Å². The van der Waals surface area contributed by atoms with Gasteiger partial charge < -0.3 is 0 Å². The third-order valence-electron chi connectivity index (χ3n) is 8.40. The van der Waals surface area contributed by atoms with Gasteiger partial charge in [-0.1, -0.05) is 90.0 Å². The van der Waals surface area contributed by atoms with Gasteiger partial charge in [0.15, 0.2) is 0 Å². The van der Waals surface area contributed by atoms with E-state index in [0.29, 0.717) is 5.92 Å². The second-order valence-corrected chi connectivity index (χ2v) is 16.7. The van der Waals surface area contributed by atoms with Crippen LogP contribution in [0.4, 0.5) is 0 Å². The highest BCUT2D eigenvalue weighted by molar-refractivity contribution is 7.84. The van der Waals surface area contributed by atoms with Crippen LogP contribution in [0.25, 0.3) is 0 Å². The quantitative estimate of drug-likeness (QED) is 0.385. The van der Waals surface area contributed by atoms with Gasteiger partial charge in [0.05, 0.1) is 15.7 Å². The van der Waals surface area contributed by atoms with Crippen molar-refractivity contribution in [3.8, 4) is 0 Å². The summed E-state index contributed by atoms with van der Waals surface area (Å²) in [6.07, 6.45) is 20.9. The largest absolute Gasteiger partial charge is 0.242 e. The van der Waals surface area contributed by atoms with E-state index in [1.807, 2.05) is 0 Å². The highest BCUT2D eigenvalue weighted by Crippen LogP contribution is 2.56. The standard InChI is InChI=1S/C29H48NOPS/c1-29(2,3)33(31)30-28(23-15-7-4-8-16-23)26-21-13-14-22-27(26)32(24-17-9-5-10-18-24)25-19-11-6-12-20-25/h13-14,21-25,28,30H,4-12,15-20H2,1-3H3. The van der Waals surface area contributed by atoms with E-state index in [1.165, 1.54) is 102 Å². The minimum atomic E-state index is -1.04. The zero-order valence-corrected chi connectivity index (χ0v) is 23.2. The fourth-order valence-electron chi connectivity index (χ4n) is 6.57. The van der Waals surface area contributed by atoms with Gasteiger partial charge in [-0.25, -0.2) is 8.93 Å². The van der Waals surface area contributed by atoms with Crippen molar-refractivity contribution in [3.05, 3.63) is 29.8 Å². The molecule has 3 saturated carbocycles. The summed E-state index contributed by atoms with van der Waals surface area (Å²) in [4.78, 5) is 0. The molecule has 0 radical (unpaired) electrons. The van der Waals surface area contributed by atoms with Crippen LogP contribution in [0.15, 0.2) is 24.3 Å². The van der Waals surface area contributed by atoms with E-state index >= 15 is 0 Å². The summed E-state index contributed by atoms with van der Waals surface area (Å²) in [5.74, 6) is 0.612. The minimum absolute atomic E-state index is 0.158. The molecule has 0 aromatic heterocycles. The Morgan fingerprint density at radius 3 is 1.79 bits per heavy atom. The van der Waals surface area contributed by atoms with Crippen LogP contribution in [0.5, 0.6) is 0 Å². The fourth-order valence-corrected chi connectivity index (χ4v) is 11.5. The molecule has 3 fully saturated rings. The van der Waals surface area contributed by atoms with Crippen LogP contribution in [0, 0.1) is 5.92 Å². The maximum atomic E-state index is 13.4. The Bertz CT molecular complexity index is 739. The van der Waals surface area contributed by atoms with Crippen LogP contribution >= 0.6 is 7.92 Å². The zero-order valence-electron chi connectivity index (χ0n) is 21.5. The minimum Gasteiger partial charge on any atom is -0.242 e. The Kier molecular flexibility index (Phi) is 9.50. The van der Waals surface area contributed by atoms with Crippen molar-refractivity contribution in [2.45, 2.75) is 139 Å². The lowest BCUT2D eigenvalue weighted by Crippen LogP contribution is -2.41. The van der Waals surface area contributed by atoms with Crippen LogP contribution in [0.2, 0.25) is 0 Å². The smallest absolute Gasteiger partial charge is 0.0976 e. The summed E-state index contributed by atoms with van der Waals surface area (Å²) in [7, 11) is -1.20. The normalized spacial score (nSPS) is 24.1. The summed E-state index contributed by atoms with van der Waals surface area (Å²) in [6, 6.07) is 9.72. The molecule has 4 heteroatoms. The van der Waals surface area contributed by atoms with Crippen molar-refractivity contribution < 1.29 is 4.21 Å². The molecule has 0 bridgehead atoms. The number of rotatable bonds is 7. The first kappa shape index (κ1) is 25.8. The number of benzene rings is 1. The first-order chi connectivity index (χ1) is 15.9. The van der Waals surface area contributed by atoms with Crippen molar-refractivity contribution in [1.29, 1.82) is 0 Å². The van der Waals surface area contributed by atoms with Crippen molar-refractivity contribution in [1.82, 2.24) is 4.72 Å². The second kappa shape index (κ2) is 12.1. The molecule has 3 aliphatic carbocycles. The third kappa shape index (κ3) is 6.71. The highest BCUT2D eigenvalue weighted by Gasteiger charge is 2.37. The van der Waals surface area contributed by atoms with Gasteiger partial charge in [0.1, 0.15) is 0 Å². The molecule has 4 rings (SSSR count). The lowest BCUT2D eigenvalue weighted by molar-refractivity contribution is 0.296. The molecule has 1 aromatic carbocycles. The van der Waals surface area contributed by atoms with E-state index in [9.17, 15) is 4.21 Å². The first-order valence-electron chi connectivity index (χ1n) is 14.0. The van der Waals surface area contributed by atoms with E-state index in [0.717, 1.165) is 11.3 Å². The molecule has 2 nitrogen and oxygen atoms in total. The molecule has 33 heavy (non-hydrogen) atoms. The summed E-state index contributed by atoms with van der Waals surface area (Å²) < 4.78 is 16.9. The molecular formula is C29H48NOPS. The number of hydrogen-bond donors (Lipinski definition) is 1. The van der Waals surface area contributed by atoms with Crippen molar-refractivity contribution >= 4 is 24.2 Å². The van der Waals surface area contributed by atoms with Crippen LogP contribution in [0.3, 0.4) is 0 Å². The van der Waals surface area contributed by atoms with Crippen molar-refractivity contribution in [2.24, 2.45) is 5.92 Å². The predicted molar refractivity (Wildman–Crippen MR) is 147 cm³/mol. The monoisotopic (exact) mass is 489 g/mol. The molecule has 0 aliphatic heterocycles. The second-order valence-electron chi connectivity index (χ2n) is 11.9. The van der Waals surface area contributed by atoms with E-state index in [2.05, 4.69) is 49.8 Å². The lowest BCUT2D eigenvalue weighted by Gasteiger charge is -2.41. The SMILES string of the molecule is CC(C)(C)S(=O)NC(c1ccccc1P(C1CCCCC1)C1CCCCC1)C1CCCCC1. The number of hydrogen-bond acceptors (Lipinski definition) is 1. The maximum absolute atomic E-state index is 13.4. The van der Waals surface area contributed by atoms with Gasteiger partial charge >= 0.3 is 0 Å². The molecule has 1 aromatic rings. The van der Waals surface area contributed by atoms with Gasteiger partial charge in [0.2, 0.25) is 0 Å². The molecule has 186 valence electrons. The summed E-state index contributed by atoms with van der Waals surface area (Å²) in [5.41, 5.74) is 3.32. The van der Waals surface area contributed by atoms with Crippen molar-refractivity contribution in [2.75, 3.05) is 0 Å². The highest BCUT2D eigenvalue weighted by atomic mass is 32.2. The Balaban J connectivity index is 1.72. The first-order valence-corrected chi connectivity index (χ1v) is 16.6. The topological polar surface area (TPSA) is 29.1 Å². The Labute approximate surface area is 207 Å². The fraction of sp³-hybridized carbons (Fsp3) is 0.793. The van der Waals surface area contributed by atoms with Gasteiger partial charge in [-0.2, -0.15) is 0 Å². The average molecular weight is 490 g/mol. The van der Waals surface area contributed by atoms with Crippen LogP contribution < -0.4 is 10.0 Å². The van der Waals surface area contributed by atoms with Crippen molar-refractivity contribution in [3.63, 3.8) is 0 Å². The molecule has 3 aliphatic rings. The Hall–Kier alpha value is -0.240. The molecular weight excluding hydrogens is 441 g/mol. The average Bonchev–Trinajstić information content (AvgIpc) is 2.84. The van der Waals surface area contributed by atoms with Gasteiger partial charge in [-0.3, -0.25) is 0 Å². The van der Waals surface area contributed by atoms with E-state index in [-0.39, 0.29) is 18.7 Å². The van der Waals surface area contributed by atoms with E-state index in [4.69, 9.17) is 0 Å². The molecule has 2 unspecified atom stereocenters. The number of nitrogens with one attached hydrogen (secondary N) is 1. The zero-order chi connectivity index (χ0) is 23.3. The van der Waals surface area contributed by atoms with Gasteiger partial charge in [0, 0.05) is 6.04 Å². The maximum Gasteiger partial charge on any atom is 0.0976 e. The summed E-state index contributed by atoms with van der Waals surface area (Å²) in [6.45, 7) is 6.32. The van der Waals surface area contributed by atoms with Crippen LogP contribution in [-0.4, -0.2) is 20.3 Å². The van der Waals surface area contributed by atoms with E-state index in [1.54, 1.807) is 5.30 Å². The molecule has 1 N–H and O–H groups in total. The molecule has 0 saturated heterocycles. The Morgan fingerprint density at radius 2 is 1.27 bits per heavy atom. The van der Waals surface area contributed by atoms with E-state index < -0.39 is 11.0 Å². The molecule has 0 spiro atoms. The summed E-state index contributed by atoms with van der Waals surface area (Å²) in [5, 5.41) is 1.68. The van der Waals surface area contributed by atoms with Crippen LogP contribution in [-0.2, 0) is 11.0 Å². The molecule has 0 amide bonds. The molecule has 2 atom stereocenters.